The molecule has 92 valence electrons. The first kappa shape index (κ1) is 12.5. The van der Waals surface area contributed by atoms with E-state index in [0.29, 0.717) is 11.5 Å². The summed E-state index contributed by atoms with van der Waals surface area (Å²) >= 11 is 5.80. The van der Waals surface area contributed by atoms with Crippen LogP contribution in [0.1, 0.15) is 24.8 Å². The second-order valence-corrected chi connectivity index (χ2v) is 4.79. The zero-order valence-corrected chi connectivity index (χ0v) is 10.6. The van der Waals surface area contributed by atoms with Crippen molar-refractivity contribution in [1.82, 2.24) is 0 Å². The Labute approximate surface area is 107 Å². The number of benzene rings is 1. The fourth-order valence-corrected chi connectivity index (χ4v) is 2.06. The minimum Gasteiger partial charge on any atom is -0.465 e. The van der Waals surface area contributed by atoms with Crippen molar-refractivity contribution in [1.29, 1.82) is 0 Å². The molecule has 0 spiro atoms. The van der Waals surface area contributed by atoms with Gasteiger partial charge in [0.1, 0.15) is 5.75 Å². The molecule has 1 aliphatic heterocycles. The molecule has 1 atom stereocenters. The zero-order chi connectivity index (χ0) is 12.1. The summed E-state index contributed by atoms with van der Waals surface area (Å²) in [6.07, 6.45) is 3.84. The molecule has 2 nitrogen and oxygen atoms in total. The molecule has 1 fully saturated rings. The van der Waals surface area contributed by atoms with Crippen molar-refractivity contribution in [3.05, 3.63) is 41.4 Å². The van der Waals surface area contributed by atoms with E-state index in [9.17, 15) is 0 Å². The Kier molecular flexibility index (Phi) is 4.46. The van der Waals surface area contributed by atoms with E-state index >= 15 is 0 Å². The largest absolute Gasteiger partial charge is 0.465 e. The maximum absolute atomic E-state index is 5.80. The molecule has 0 bridgehead atoms. The highest BCUT2D eigenvalue weighted by molar-refractivity contribution is 6.29. The molecule has 0 radical (unpaired) electrons. The number of halogens is 1. The summed E-state index contributed by atoms with van der Waals surface area (Å²) in [5, 5.41) is 0.635. The molecule has 0 saturated carbocycles. The Morgan fingerprint density at radius 3 is 3.06 bits per heavy atom. The summed E-state index contributed by atoms with van der Waals surface area (Å²) in [6.45, 7) is 4.49. The topological polar surface area (TPSA) is 18.5 Å². The van der Waals surface area contributed by atoms with Crippen molar-refractivity contribution in [2.45, 2.75) is 32.0 Å². The van der Waals surface area contributed by atoms with Crippen LogP contribution < -0.4 is 4.74 Å². The number of rotatable bonds is 4. The Balaban J connectivity index is 1.97. The third-order valence-corrected chi connectivity index (χ3v) is 2.83. The number of ether oxygens (including phenoxy) is 2. The molecule has 0 N–H and O–H groups in total. The van der Waals surface area contributed by atoms with Gasteiger partial charge in [-0.15, -0.1) is 0 Å². The first-order valence-corrected chi connectivity index (χ1v) is 6.32. The fourth-order valence-electron chi connectivity index (χ4n) is 1.91. The quantitative estimate of drug-likeness (QED) is 0.810. The smallest absolute Gasteiger partial charge is 0.199 e. The highest BCUT2D eigenvalue weighted by Crippen LogP contribution is 2.21. The molecule has 1 aromatic carbocycles. The highest BCUT2D eigenvalue weighted by atomic mass is 35.5. The van der Waals surface area contributed by atoms with Gasteiger partial charge >= 0.3 is 0 Å². The summed E-state index contributed by atoms with van der Waals surface area (Å²) in [4.78, 5) is 0. The number of hydrogen-bond donors (Lipinski definition) is 0. The summed E-state index contributed by atoms with van der Waals surface area (Å²) in [7, 11) is 0. The molecule has 3 heteroatoms. The molecule has 17 heavy (non-hydrogen) atoms. The Hall–Kier alpha value is -0.990. The molecule has 0 aromatic heterocycles. The Morgan fingerprint density at radius 2 is 2.35 bits per heavy atom. The van der Waals surface area contributed by atoms with Gasteiger partial charge < -0.3 is 9.47 Å². The van der Waals surface area contributed by atoms with Gasteiger partial charge in [0.05, 0.1) is 6.61 Å². The van der Waals surface area contributed by atoms with Crippen LogP contribution in [0.2, 0.25) is 0 Å². The fraction of sp³-hybridized carbons (Fsp3) is 0.429. The van der Waals surface area contributed by atoms with Crippen molar-refractivity contribution < 1.29 is 9.47 Å². The standard InChI is InChI=1S/C14H17ClO2/c1-11(15)9-12-5-4-6-13(10-12)17-14-7-2-3-8-16-14/h4-6,10,14H,1-3,7-9H2. The number of hydrogen-bond acceptors (Lipinski definition) is 2. The lowest BCUT2D eigenvalue weighted by Crippen LogP contribution is -2.24. The lowest BCUT2D eigenvalue weighted by molar-refractivity contribution is -0.105. The molecule has 2 rings (SSSR count). The second-order valence-electron chi connectivity index (χ2n) is 4.26. The van der Waals surface area contributed by atoms with Gasteiger partial charge in [0, 0.05) is 17.9 Å². The molecule has 1 aromatic rings. The lowest BCUT2D eigenvalue weighted by Gasteiger charge is -2.23. The zero-order valence-electron chi connectivity index (χ0n) is 9.82. The molecule has 0 amide bonds. The predicted octanol–water partition coefficient (Wildman–Crippen LogP) is 3.89. The van der Waals surface area contributed by atoms with Gasteiger partial charge in [-0.2, -0.15) is 0 Å². The predicted molar refractivity (Wildman–Crippen MR) is 69.4 cm³/mol. The van der Waals surface area contributed by atoms with Crippen LogP contribution in [-0.4, -0.2) is 12.9 Å². The van der Waals surface area contributed by atoms with E-state index in [4.69, 9.17) is 21.1 Å². The van der Waals surface area contributed by atoms with Crippen LogP contribution in [0.5, 0.6) is 5.75 Å². The summed E-state index contributed by atoms with van der Waals surface area (Å²) in [6, 6.07) is 7.92. The van der Waals surface area contributed by atoms with Gasteiger partial charge in [0.2, 0.25) is 0 Å². The van der Waals surface area contributed by atoms with Crippen molar-refractivity contribution in [3.8, 4) is 5.75 Å². The van der Waals surface area contributed by atoms with Crippen LogP contribution in [0, 0.1) is 0 Å². The van der Waals surface area contributed by atoms with Gasteiger partial charge in [-0.3, -0.25) is 0 Å². The van der Waals surface area contributed by atoms with E-state index < -0.39 is 0 Å². The molecule has 1 unspecified atom stereocenters. The SMILES string of the molecule is C=C(Cl)Cc1cccc(OC2CCCCO2)c1. The molecular weight excluding hydrogens is 236 g/mol. The van der Waals surface area contributed by atoms with Crippen molar-refractivity contribution in [3.63, 3.8) is 0 Å². The Bertz CT molecular complexity index is 384. The average molecular weight is 253 g/mol. The van der Waals surface area contributed by atoms with Crippen LogP contribution >= 0.6 is 11.6 Å². The van der Waals surface area contributed by atoms with Crippen molar-refractivity contribution in [2.24, 2.45) is 0 Å². The van der Waals surface area contributed by atoms with Crippen LogP contribution in [0.15, 0.2) is 35.9 Å². The van der Waals surface area contributed by atoms with E-state index in [0.717, 1.165) is 30.8 Å². The van der Waals surface area contributed by atoms with E-state index in [1.807, 2.05) is 24.3 Å². The van der Waals surface area contributed by atoms with E-state index in [-0.39, 0.29) is 6.29 Å². The molecule has 1 saturated heterocycles. The molecule has 1 heterocycles. The van der Waals surface area contributed by atoms with Gasteiger partial charge in [-0.25, -0.2) is 0 Å². The second kappa shape index (κ2) is 6.08. The van der Waals surface area contributed by atoms with Crippen LogP contribution in [-0.2, 0) is 11.2 Å². The van der Waals surface area contributed by atoms with Gasteiger partial charge in [0.25, 0.3) is 0 Å². The average Bonchev–Trinajstić information content (AvgIpc) is 2.30. The highest BCUT2D eigenvalue weighted by Gasteiger charge is 2.15. The van der Waals surface area contributed by atoms with Crippen LogP contribution in [0.25, 0.3) is 0 Å². The molecular formula is C14H17ClO2. The summed E-state index contributed by atoms with van der Waals surface area (Å²) in [5.41, 5.74) is 1.11. The van der Waals surface area contributed by atoms with Crippen molar-refractivity contribution in [2.75, 3.05) is 6.61 Å². The minimum atomic E-state index is -0.0989. The maximum atomic E-state index is 5.80. The van der Waals surface area contributed by atoms with Crippen LogP contribution in [0.4, 0.5) is 0 Å². The minimum absolute atomic E-state index is 0.0989. The first-order chi connectivity index (χ1) is 8.24. The van der Waals surface area contributed by atoms with Crippen molar-refractivity contribution >= 4 is 11.6 Å². The number of allylic oxidation sites excluding steroid dienone is 1. The third kappa shape index (κ3) is 4.06. The monoisotopic (exact) mass is 252 g/mol. The van der Waals surface area contributed by atoms with Gasteiger partial charge in [-0.1, -0.05) is 30.3 Å². The van der Waals surface area contributed by atoms with Gasteiger partial charge in [0.15, 0.2) is 6.29 Å². The van der Waals surface area contributed by atoms with E-state index in [1.54, 1.807) is 0 Å². The first-order valence-electron chi connectivity index (χ1n) is 5.94. The van der Waals surface area contributed by atoms with E-state index in [1.165, 1.54) is 6.42 Å². The van der Waals surface area contributed by atoms with Crippen LogP contribution in [0.3, 0.4) is 0 Å². The maximum Gasteiger partial charge on any atom is 0.199 e. The van der Waals surface area contributed by atoms with E-state index in [2.05, 4.69) is 6.58 Å². The summed E-state index contributed by atoms with van der Waals surface area (Å²) < 4.78 is 11.3. The molecule has 1 aliphatic rings. The lowest BCUT2D eigenvalue weighted by atomic mass is 10.1. The summed E-state index contributed by atoms with van der Waals surface area (Å²) in [5.74, 6) is 0.840. The van der Waals surface area contributed by atoms with Gasteiger partial charge in [-0.05, 0) is 30.5 Å². The third-order valence-electron chi connectivity index (χ3n) is 2.70. The normalized spacial score (nSPS) is 19.9. The Morgan fingerprint density at radius 1 is 1.47 bits per heavy atom. The molecule has 0 aliphatic carbocycles.